The molecule has 0 radical (unpaired) electrons. The largest absolute Gasteiger partial charge is 0.377 e. The van der Waals surface area contributed by atoms with E-state index in [1.807, 2.05) is 11.9 Å². The first-order valence-electron chi connectivity index (χ1n) is 6.03. The van der Waals surface area contributed by atoms with E-state index < -0.39 is 0 Å². The molecule has 1 aromatic rings. The van der Waals surface area contributed by atoms with Gasteiger partial charge < -0.3 is 15.5 Å². The van der Waals surface area contributed by atoms with Gasteiger partial charge in [0.25, 0.3) is 0 Å². The van der Waals surface area contributed by atoms with Crippen molar-refractivity contribution in [3.8, 4) is 0 Å². The molecule has 3 heterocycles. The van der Waals surface area contributed by atoms with Crippen molar-refractivity contribution < 1.29 is 4.79 Å². The first kappa shape index (κ1) is 11.7. The van der Waals surface area contributed by atoms with Gasteiger partial charge in [0, 0.05) is 51.3 Å². The number of carbonyl (C=O) groups excluding carboxylic acids is 1. The molecule has 7 nitrogen and oxygen atoms in total. The average Bonchev–Trinajstić information content (AvgIpc) is 2.97. The molecule has 1 aromatic heterocycles. The zero-order valence-electron chi connectivity index (χ0n) is 10.2. The van der Waals surface area contributed by atoms with Crippen molar-refractivity contribution in [2.45, 2.75) is 12.6 Å². The van der Waals surface area contributed by atoms with Gasteiger partial charge in [-0.15, -0.1) is 5.10 Å². The Morgan fingerprint density at radius 2 is 2.44 bits per heavy atom. The van der Waals surface area contributed by atoms with Crippen LogP contribution in [-0.4, -0.2) is 64.7 Å². The van der Waals surface area contributed by atoms with Crippen molar-refractivity contribution in [2.24, 2.45) is 0 Å². The molecule has 2 fully saturated rings. The Labute approximate surface area is 109 Å². The second kappa shape index (κ2) is 4.69. The van der Waals surface area contributed by atoms with Crippen molar-refractivity contribution in [1.82, 2.24) is 24.7 Å². The van der Waals surface area contributed by atoms with Gasteiger partial charge in [-0.05, 0) is 0 Å². The van der Waals surface area contributed by atoms with Gasteiger partial charge in [-0.25, -0.2) is 4.79 Å². The number of carbonyl (C=O) groups is 1. The lowest BCUT2D eigenvalue weighted by atomic mass is 10.2. The molecule has 2 N–H and O–H groups in total. The van der Waals surface area contributed by atoms with E-state index in [0.717, 1.165) is 43.4 Å². The van der Waals surface area contributed by atoms with Crippen LogP contribution in [0.25, 0.3) is 0 Å². The minimum Gasteiger partial charge on any atom is -0.377 e. The zero-order valence-corrected chi connectivity index (χ0v) is 11.0. The summed E-state index contributed by atoms with van der Waals surface area (Å²) in [6.07, 6.45) is 0. The van der Waals surface area contributed by atoms with E-state index in [1.165, 1.54) is 11.5 Å². The fourth-order valence-corrected chi connectivity index (χ4v) is 3.05. The second-order valence-electron chi connectivity index (χ2n) is 4.57. The molecule has 2 aliphatic heterocycles. The lowest BCUT2D eigenvalue weighted by molar-refractivity contribution is 0.116. The van der Waals surface area contributed by atoms with Crippen molar-refractivity contribution in [2.75, 3.05) is 38.5 Å². The molecule has 2 saturated heterocycles. The molecular formula is C10H16N6OS. The number of hydrogen-bond acceptors (Lipinski definition) is 6. The summed E-state index contributed by atoms with van der Waals surface area (Å²) >= 11 is 1.38. The third kappa shape index (κ3) is 2.01. The number of aromatic nitrogens is 2. The summed E-state index contributed by atoms with van der Waals surface area (Å²) in [6, 6.07) is 0.377. The first-order valence-corrected chi connectivity index (χ1v) is 6.81. The van der Waals surface area contributed by atoms with Crippen LogP contribution in [-0.2, 0) is 6.54 Å². The number of nitrogens with zero attached hydrogens (tertiary/aromatic N) is 4. The summed E-state index contributed by atoms with van der Waals surface area (Å²) < 4.78 is 3.96. The van der Waals surface area contributed by atoms with E-state index in [9.17, 15) is 4.79 Å². The van der Waals surface area contributed by atoms with Gasteiger partial charge in [-0.3, -0.25) is 4.90 Å². The van der Waals surface area contributed by atoms with Gasteiger partial charge in [0.05, 0.1) is 6.04 Å². The van der Waals surface area contributed by atoms with Gasteiger partial charge >= 0.3 is 6.03 Å². The second-order valence-corrected chi connectivity index (χ2v) is 5.32. The van der Waals surface area contributed by atoms with Gasteiger partial charge in [-0.2, -0.15) is 0 Å². The third-order valence-electron chi connectivity index (χ3n) is 3.47. The predicted molar refractivity (Wildman–Crippen MR) is 68.6 cm³/mol. The number of fused-ring (bicyclic) bond motifs is 1. The molecular weight excluding hydrogens is 252 g/mol. The van der Waals surface area contributed by atoms with Gasteiger partial charge in [0.15, 0.2) is 0 Å². The van der Waals surface area contributed by atoms with Crippen LogP contribution in [0.15, 0.2) is 0 Å². The number of piperazine rings is 1. The molecule has 8 heteroatoms. The number of amides is 2. The van der Waals surface area contributed by atoms with Crippen LogP contribution in [0.1, 0.15) is 5.69 Å². The molecule has 2 aliphatic rings. The van der Waals surface area contributed by atoms with Gasteiger partial charge in [0.1, 0.15) is 10.7 Å². The maximum Gasteiger partial charge on any atom is 0.317 e. The fourth-order valence-electron chi connectivity index (χ4n) is 2.53. The van der Waals surface area contributed by atoms with Crippen molar-refractivity contribution in [3.63, 3.8) is 0 Å². The summed E-state index contributed by atoms with van der Waals surface area (Å²) in [5, 5.41) is 11.2. The molecule has 2 amide bonds. The van der Waals surface area contributed by atoms with Gasteiger partial charge in [-0.1, -0.05) is 4.49 Å². The first-order chi connectivity index (χ1) is 8.78. The maximum atomic E-state index is 11.5. The highest BCUT2D eigenvalue weighted by Gasteiger charge is 2.35. The van der Waals surface area contributed by atoms with E-state index in [0.29, 0.717) is 6.04 Å². The van der Waals surface area contributed by atoms with E-state index in [2.05, 4.69) is 25.1 Å². The Bertz CT molecular complexity index is 449. The van der Waals surface area contributed by atoms with Crippen LogP contribution in [0.5, 0.6) is 0 Å². The van der Waals surface area contributed by atoms with E-state index >= 15 is 0 Å². The molecule has 0 bridgehead atoms. The number of hydrogen-bond donors (Lipinski definition) is 2. The predicted octanol–water partition coefficient (Wildman–Crippen LogP) is -0.211. The van der Waals surface area contributed by atoms with Gasteiger partial charge in [0.2, 0.25) is 0 Å². The molecule has 0 aliphatic carbocycles. The molecule has 98 valence electrons. The Kier molecular flexibility index (Phi) is 3.04. The molecule has 0 saturated carbocycles. The zero-order chi connectivity index (χ0) is 12.5. The average molecular weight is 268 g/mol. The van der Waals surface area contributed by atoms with Crippen LogP contribution >= 0.6 is 11.5 Å². The Morgan fingerprint density at radius 1 is 1.56 bits per heavy atom. The maximum absolute atomic E-state index is 11.5. The number of rotatable bonds is 3. The van der Waals surface area contributed by atoms with Crippen molar-refractivity contribution in [1.29, 1.82) is 0 Å². The SMILES string of the molecule is CNc1snnc1CN1CCN2C(=O)NCC2C1. The number of urea groups is 1. The summed E-state index contributed by atoms with van der Waals surface area (Å²) in [5.41, 5.74) is 0.994. The topological polar surface area (TPSA) is 73.4 Å². The minimum absolute atomic E-state index is 0.0749. The fraction of sp³-hybridized carbons (Fsp3) is 0.700. The Balaban J connectivity index is 1.64. The minimum atomic E-state index is 0.0749. The van der Waals surface area contributed by atoms with E-state index in [1.54, 1.807) is 0 Å². The highest BCUT2D eigenvalue weighted by atomic mass is 32.1. The van der Waals surface area contributed by atoms with Crippen molar-refractivity contribution in [3.05, 3.63) is 5.69 Å². The van der Waals surface area contributed by atoms with Crippen LogP contribution in [0.4, 0.5) is 9.80 Å². The molecule has 18 heavy (non-hydrogen) atoms. The van der Waals surface area contributed by atoms with Crippen LogP contribution in [0.3, 0.4) is 0 Å². The highest BCUT2D eigenvalue weighted by molar-refractivity contribution is 7.10. The summed E-state index contributed by atoms with van der Waals surface area (Å²) in [5.74, 6) is 0. The number of nitrogens with one attached hydrogen (secondary N) is 2. The molecule has 1 unspecified atom stereocenters. The lowest BCUT2D eigenvalue weighted by Crippen LogP contribution is -2.51. The smallest absolute Gasteiger partial charge is 0.317 e. The Morgan fingerprint density at radius 3 is 3.28 bits per heavy atom. The molecule has 0 spiro atoms. The lowest BCUT2D eigenvalue weighted by Gasteiger charge is -2.36. The highest BCUT2D eigenvalue weighted by Crippen LogP contribution is 2.21. The van der Waals surface area contributed by atoms with Crippen LogP contribution < -0.4 is 10.6 Å². The molecule has 0 aromatic carbocycles. The van der Waals surface area contributed by atoms with Crippen molar-refractivity contribution >= 4 is 22.6 Å². The summed E-state index contributed by atoms with van der Waals surface area (Å²) in [6.45, 7) is 4.14. The Hall–Kier alpha value is -1.41. The monoisotopic (exact) mass is 268 g/mol. The normalized spacial score (nSPS) is 23.9. The van der Waals surface area contributed by atoms with E-state index in [4.69, 9.17) is 0 Å². The standard InChI is InChI=1S/C10H16N6OS/c1-11-9-8(13-14-18-9)6-15-2-3-16-7(5-15)4-12-10(16)17/h7,11H,2-6H2,1H3,(H,12,17). The summed E-state index contributed by atoms with van der Waals surface area (Å²) in [4.78, 5) is 15.8. The quantitative estimate of drug-likeness (QED) is 0.793. The molecule has 1 atom stereocenters. The summed E-state index contributed by atoms with van der Waals surface area (Å²) in [7, 11) is 1.89. The third-order valence-corrected chi connectivity index (χ3v) is 4.26. The molecule has 3 rings (SSSR count). The van der Waals surface area contributed by atoms with Crippen LogP contribution in [0, 0.1) is 0 Å². The van der Waals surface area contributed by atoms with Crippen LogP contribution in [0.2, 0.25) is 0 Å². The van der Waals surface area contributed by atoms with E-state index in [-0.39, 0.29) is 6.03 Å². The number of anilines is 1.